The Balaban J connectivity index is 1.56. The fraction of sp³-hybridized carbons (Fsp3) is 0.933. The summed E-state index contributed by atoms with van der Waals surface area (Å²) in [4.78, 5) is 12.2. The van der Waals surface area contributed by atoms with Crippen molar-refractivity contribution in [2.45, 2.75) is 51.2 Å². The SMILES string of the molecule is CCC1NCNCC1C(=O)NCCCNC1CCCCN1. The number of rotatable bonds is 7. The summed E-state index contributed by atoms with van der Waals surface area (Å²) < 4.78 is 0. The number of carbonyl (C=O) groups excluding carboxylic acids is 1. The number of hydrogen-bond acceptors (Lipinski definition) is 5. The van der Waals surface area contributed by atoms with Crippen molar-refractivity contribution in [3.63, 3.8) is 0 Å². The van der Waals surface area contributed by atoms with E-state index in [1.54, 1.807) is 0 Å². The number of nitrogens with one attached hydrogen (secondary N) is 5. The smallest absolute Gasteiger partial charge is 0.225 e. The van der Waals surface area contributed by atoms with Crippen molar-refractivity contribution in [3.05, 3.63) is 0 Å². The second-order valence-electron chi connectivity index (χ2n) is 6.06. The van der Waals surface area contributed by atoms with Crippen molar-refractivity contribution in [2.75, 3.05) is 32.8 Å². The highest BCUT2D eigenvalue weighted by molar-refractivity contribution is 5.79. The average Bonchev–Trinajstić information content (AvgIpc) is 2.55. The molecule has 0 spiro atoms. The molecule has 2 aliphatic rings. The quantitative estimate of drug-likeness (QED) is 0.418. The number of amides is 1. The van der Waals surface area contributed by atoms with Gasteiger partial charge in [0.05, 0.1) is 12.1 Å². The summed E-state index contributed by atoms with van der Waals surface area (Å²) in [5, 5.41) is 16.6. The molecule has 1 amide bonds. The Morgan fingerprint density at radius 1 is 1.24 bits per heavy atom. The summed E-state index contributed by atoms with van der Waals surface area (Å²) in [6.07, 6.45) is 6.25. The van der Waals surface area contributed by atoms with E-state index < -0.39 is 0 Å². The van der Waals surface area contributed by atoms with Gasteiger partial charge in [0, 0.05) is 25.8 Å². The summed E-state index contributed by atoms with van der Waals surface area (Å²) in [5.41, 5.74) is 0. The van der Waals surface area contributed by atoms with E-state index >= 15 is 0 Å². The van der Waals surface area contributed by atoms with Crippen LogP contribution in [0.15, 0.2) is 0 Å². The second kappa shape index (κ2) is 9.35. The van der Waals surface area contributed by atoms with Crippen molar-refractivity contribution in [1.29, 1.82) is 0 Å². The topological polar surface area (TPSA) is 77.2 Å². The molecule has 2 saturated heterocycles. The molecule has 21 heavy (non-hydrogen) atoms. The molecule has 3 unspecified atom stereocenters. The molecule has 0 aromatic heterocycles. The van der Waals surface area contributed by atoms with Crippen molar-refractivity contribution in [2.24, 2.45) is 5.92 Å². The molecule has 0 aromatic carbocycles. The van der Waals surface area contributed by atoms with Gasteiger partial charge >= 0.3 is 0 Å². The first-order chi connectivity index (χ1) is 10.3. The van der Waals surface area contributed by atoms with Crippen LogP contribution in [0.25, 0.3) is 0 Å². The van der Waals surface area contributed by atoms with Gasteiger partial charge in [0.1, 0.15) is 0 Å². The van der Waals surface area contributed by atoms with Gasteiger partial charge in [-0.1, -0.05) is 6.92 Å². The summed E-state index contributed by atoms with van der Waals surface area (Å²) in [6.45, 7) is 6.54. The van der Waals surface area contributed by atoms with E-state index in [9.17, 15) is 4.79 Å². The highest BCUT2D eigenvalue weighted by Crippen LogP contribution is 2.10. The highest BCUT2D eigenvalue weighted by Gasteiger charge is 2.28. The lowest BCUT2D eigenvalue weighted by atomic mass is 9.95. The molecule has 0 bridgehead atoms. The molecule has 2 aliphatic heterocycles. The zero-order valence-electron chi connectivity index (χ0n) is 13.2. The Hall–Kier alpha value is -0.690. The standard InChI is InChI=1S/C15H31N5O/c1-2-13-12(10-16-11-20-13)15(21)19-9-5-8-18-14-6-3-4-7-17-14/h12-14,16-18,20H,2-11H2,1H3,(H,19,21). The van der Waals surface area contributed by atoms with E-state index in [0.717, 1.165) is 45.7 Å². The average molecular weight is 297 g/mol. The van der Waals surface area contributed by atoms with Crippen LogP contribution in [0.2, 0.25) is 0 Å². The molecule has 6 heteroatoms. The molecule has 0 aromatic rings. The van der Waals surface area contributed by atoms with E-state index in [0.29, 0.717) is 12.2 Å². The number of hydrogen-bond donors (Lipinski definition) is 5. The summed E-state index contributed by atoms with van der Waals surface area (Å²) in [7, 11) is 0. The molecule has 5 N–H and O–H groups in total. The van der Waals surface area contributed by atoms with Gasteiger partial charge in [-0.15, -0.1) is 0 Å². The molecule has 2 heterocycles. The fourth-order valence-electron chi connectivity index (χ4n) is 3.15. The Bertz CT molecular complexity index is 306. The third-order valence-electron chi connectivity index (χ3n) is 4.47. The zero-order valence-corrected chi connectivity index (χ0v) is 13.2. The second-order valence-corrected chi connectivity index (χ2v) is 6.06. The molecule has 2 fully saturated rings. The van der Waals surface area contributed by atoms with Gasteiger partial charge in [-0.2, -0.15) is 0 Å². The molecule has 0 aliphatic carbocycles. The number of carbonyl (C=O) groups is 1. The van der Waals surface area contributed by atoms with Gasteiger partial charge < -0.3 is 26.6 Å². The van der Waals surface area contributed by atoms with Crippen molar-refractivity contribution in [3.8, 4) is 0 Å². The lowest BCUT2D eigenvalue weighted by Gasteiger charge is -2.31. The third kappa shape index (κ3) is 5.54. The molecule has 3 atom stereocenters. The Morgan fingerprint density at radius 3 is 2.90 bits per heavy atom. The minimum absolute atomic E-state index is 0.0525. The van der Waals surface area contributed by atoms with Gasteiger partial charge in [-0.25, -0.2) is 0 Å². The first-order valence-corrected chi connectivity index (χ1v) is 8.50. The summed E-state index contributed by atoms with van der Waals surface area (Å²) in [6, 6.07) is 0.302. The molecule has 0 saturated carbocycles. The van der Waals surface area contributed by atoms with Crippen molar-refractivity contribution in [1.82, 2.24) is 26.6 Å². The molecule has 6 nitrogen and oxygen atoms in total. The fourth-order valence-corrected chi connectivity index (χ4v) is 3.15. The Morgan fingerprint density at radius 2 is 2.14 bits per heavy atom. The maximum Gasteiger partial charge on any atom is 0.225 e. The number of piperidine rings is 1. The van der Waals surface area contributed by atoms with Crippen LogP contribution in [0.1, 0.15) is 39.0 Å². The Labute approximate surface area is 128 Å². The molecular formula is C15H31N5O. The largest absolute Gasteiger partial charge is 0.356 e. The van der Waals surface area contributed by atoms with E-state index in [1.807, 2.05) is 0 Å². The van der Waals surface area contributed by atoms with Crippen molar-refractivity contribution >= 4 is 5.91 Å². The van der Waals surface area contributed by atoms with Crippen LogP contribution in [0.3, 0.4) is 0 Å². The van der Waals surface area contributed by atoms with E-state index in [2.05, 4.69) is 33.5 Å². The van der Waals surface area contributed by atoms with Gasteiger partial charge in [0.2, 0.25) is 5.91 Å². The minimum Gasteiger partial charge on any atom is -0.356 e. The lowest BCUT2D eigenvalue weighted by Crippen LogP contribution is -2.56. The van der Waals surface area contributed by atoms with Crippen LogP contribution < -0.4 is 26.6 Å². The van der Waals surface area contributed by atoms with Gasteiger partial charge in [-0.05, 0) is 45.2 Å². The minimum atomic E-state index is 0.0525. The predicted octanol–water partition coefficient (Wildman–Crippen LogP) is -0.273. The first kappa shape index (κ1) is 16.7. The van der Waals surface area contributed by atoms with Crippen LogP contribution in [0.4, 0.5) is 0 Å². The molecule has 122 valence electrons. The lowest BCUT2D eigenvalue weighted by molar-refractivity contribution is -0.126. The first-order valence-electron chi connectivity index (χ1n) is 8.50. The predicted molar refractivity (Wildman–Crippen MR) is 84.8 cm³/mol. The highest BCUT2D eigenvalue weighted by atomic mass is 16.1. The third-order valence-corrected chi connectivity index (χ3v) is 4.47. The maximum atomic E-state index is 12.2. The zero-order chi connectivity index (χ0) is 14.9. The maximum absolute atomic E-state index is 12.2. The van der Waals surface area contributed by atoms with Gasteiger partial charge in [-0.3, -0.25) is 4.79 Å². The van der Waals surface area contributed by atoms with Crippen LogP contribution in [0, 0.1) is 5.92 Å². The van der Waals surface area contributed by atoms with E-state index in [4.69, 9.17) is 0 Å². The molecule has 0 radical (unpaired) electrons. The Kier molecular flexibility index (Phi) is 7.43. The van der Waals surface area contributed by atoms with Crippen LogP contribution in [-0.2, 0) is 4.79 Å². The van der Waals surface area contributed by atoms with Crippen LogP contribution in [-0.4, -0.2) is 51.0 Å². The molecular weight excluding hydrogens is 266 g/mol. The monoisotopic (exact) mass is 297 g/mol. The van der Waals surface area contributed by atoms with Gasteiger partial charge in [0.15, 0.2) is 0 Å². The van der Waals surface area contributed by atoms with E-state index in [-0.39, 0.29) is 11.8 Å². The normalized spacial score (nSPS) is 30.0. The van der Waals surface area contributed by atoms with Crippen LogP contribution in [0.5, 0.6) is 0 Å². The van der Waals surface area contributed by atoms with Gasteiger partial charge in [0.25, 0.3) is 0 Å². The van der Waals surface area contributed by atoms with E-state index in [1.165, 1.54) is 19.3 Å². The summed E-state index contributed by atoms with van der Waals surface area (Å²) >= 11 is 0. The molecule has 2 rings (SSSR count). The van der Waals surface area contributed by atoms with Crippen molar-refractivity contribution < 1.29 is 4.79 Å². The summed E-state index contributed by atoms with van der Waals surface area (Å²) in [5.74, 6) is 0.231. The van der Waals surface area contributed by atoms with Crippen LogP contribution >= 0.6 is 0 Å².